The standard InChI is InChI=1S/C9H11BrN2O4S/c1-16-8(13)4-6-17(14,15)12-7-3-2-5-11-9(7)10/h2-3,5,12H,4,6H2,1H3. The lowest BCUT2D eigenvalue weighted by Gasteiger charge is -2.08. The van der Waals surface area contributed by atoms with Gasteiger partial charge in [0.25, 0.3) is 0 Å². The van der Waals surface area contributed by atoms with E-state index in [2.05, 4.69) is 30.4 Å². The molecule has 0 radical (unpaired) electrons. The van der Waals surface area contributed by atoms with Gasteiger partial charge >= 0.3 is 5.97 Å². The number of sulfonamides is 1. The van der Waals surface area contributed by atoms with Gasteiger partial charge < -0.3 is 4.74 Å². The molecule has 0 saturated carbocycles. The van der Waals surface area contributed by atoms with Crippen molar-refractivity contribution in [2.24, 2.45) is 0 Å². The maximum absolute atomic E-state index is 11.6. The Morgan fingerprint density at radius 3 is 2.88 bits per heavy atom. The zero-order valence-electron chi connectivity index (χ0n) is 9.01. The van der Waals surface area contributed by atoms with E-state index in [4.69, 9.17) is 0 Å². The van der Waals surface area contributed by atoms with Gasteiger partial charge in [-0.25, -0.2) is 13.4 Å². The van der Waals surface area contributed by atoms with Crippen LogP contribution in [0.5, 0.6) is 0 Å². The first-order valence-electron chi connectivity index (χ1n) is 4.62. The first kappa shape index (κ1) is 13.9. The van der Waals surface area contributed by atoms with Crippen molar-refractivity contribution in [3.05, 3.63) is 22.9 Å². The highest BCUT2D eigenvalue weighted by Gasteiger charge is 2.15. The van der Waals surface area contributed by atoms with Crippen molar-refractivity contribution in [3.63, 3.8) is 0 Å². The van der Waals surface area contributed by atoms with Crippen molar-refractivity contribution in [1.82, 2.24) is 4.98 Å². The topological polar surface area (TPSA) is 85.4 Å². The van der Waals surface area contributed by atoms with Gasteiger partial charge in [-0.05, 0) is 28.1 Å². The molecular formula is C9H11BrN2O4S. The van der Waals surface area contributed by atoms with Crippen LogP contribution in [0.25, 0.3) is 0 Å². The second kappa shape index (κ2) is 5.97. The number of anilines is 1. The number of halogens is 1. The molecule has 0 aliphatic carbocycles. The van der Waals surface area contributed by atoms with Crippen molar-refractivity contribution in [2.45, 2.75) is 6.42 Å². The summed E-state index contributed by atoms with van der Waals surface area (Å²) in [6, 6.07) is 3.16. The van der Waals surface area contributed by atoms with Gasteiger partial charge in [-0.2, -0.15) is 0 Å². The highest BCUT2D eigenvalue weighted by Crippen LogP contribution is 2.19. The van der Waals surface area contributed by atoms with Crippen LogP contribution in [0.4, 0.5) is 5.69 Å². The predicted molar refractivity (Wildman–Crippen MR) is 66.0 cm³/mol. The number of aromatic nitrogens is 1. The third kappa shape index (κ3) is 4.70. The number of methoxy groups -OCH3 is 1. The van der Waals surface area contributed by atoms with Gasteiger partial charge in [0.1, 0.15) is 4.60 Å². The molecule has 17 heavy (non-hydrogen) atoms. The van der Waals surface area contributed by atoms with Gasteiger partial charge in [-0.1, -0.05) is 0 Å². The van der Waals surface area contributed by atoms with E-state index in [0.29, 0.717) is 10.3 Å². The van der Waals surface area contributed by atoms with Gasteiger partial charge in [0.05, 0.1) is 25.0 Å². The zero-order valence-corrected chi connectivity index (χ0v) is 11.4. The van der Waals surface area contributed by atoms with Crippen LogP contribution in [0.1, 0.15) is 6.42 Å². The van der Waals surface area contributed by atoms with E-state index in [-0.39, 0.29) is 12.2 Å². The molecule has 0 saturated heterocycles. The minimum Gasteiger partial charge on any atom is -0.469 e. The molecule has 8 heteroatoms. The van der Waals surface area contributed by atoms with E-state index < -0.39 is 16.0 Å². The molecule has 0 aliphatic rings. The maximum Gasteiger partial charge on any atom is 0.306 e. The lowest BCUT2D eigenvalue weighted by Crippen LogP contribution is -2.19. The third-order valence-corrected chi connectivity index (χ3v) is 3.73. The summed E-state index contributed by atoms with van der Waals surface area (Å²) in [5, 5.41) is 0. The first-order valence-corrected chi connectivity index (χ1v) is 7.07. The number of hydrogen-bond acceptors (Lipinski definition) is 5. The summed E-state index contributed by atoms with van der Waals surface area (Å²) < 4.78 is 30.3. The highest BCUT2D eigenvalue weighted by molar-refractivity contribution is 9.10. The molecule has 1 heterocycles. The summed E-state index contributed by atoms with van der Waals surface area (Å²) in [6.07, 6.45) is 1.33. The maximum atomic E-state index is 11.6. The fraction of sp³-hybridized carbons (Fsp3) is 0.333. The Kier molecular flexibility index (Phi) is 4.88. The highest BCUT2D eigenvalue weighted by atomic mass is 79.9. The second-order valence-corrected chi connectivity index (χ2v) is 5.68. The van der Waals surface area contributed by atoms with E-state index in [1.165, 1.54) is 13.3 Å². The largest absolute Gasteiger partial charge is 0.469 e. The minimum absolute atomic E-state index is 0.191. The molecule has 1 aromatic rings. The molecule has 0 fully saturated rings. The molecule has 0 amide bonds. The SMILES string of the molecule is COC(=O)CCS(=O)(=O)Nc1cccnc1Br. The fourth-order valence-corrected chi connectivity index (χ4v) is 2.52. The summed E-state index contributed by atoms with van der Waals surface area (Å²) in [5.41, 5.74) is 0.331. The van der Waals surface area contributed by atoms with Crippen LogP contribution in [-0.4, -0.2) is 32.2 Å². The van der Waals surface area contributed by atoms with Crippen LogP contribution in [-0.2, 0) is 19.6 Å². The number of rotatable bonds is 5. The molecular weight excluding hydrogens is 312 g/mol. The number of ether oxygens (including phenoxy) is 1. The molecule has 0 atom stereocenters. The Morgan fingerprint density at radius 1 is 1.59 bits per heavy atom. The number of hydrogen-bond donors (Lipinski definition) is 1. The van der Waals surface area contributed by atoms with E-state index in [1.807, 2.05) is 0 Å². The average molecular weight is 323 g/mol. The molecule has 1 aromatic heterocycles. The predicted octanol–water partition coefficient (Wildman–Crippen LogP) is 1.15. The summed E-state index contributed by atoms with van der Waals surface area (Å²) in [7, 11) is -2.37. The number of pyridine rings is 1. The molecule has 0 aliphatic heterocycles. The van der Waals surface area contributed by atoms with Crippen LogP contribution in [0.2, 0.25) is 0 Å². The van der Waals surface area contributed by atoms with E-state index in [1.54, 1.807) is 12.1 Å². The van der Waals surface area contributed by atoms with E-state index in [9.17, 15) is 13.2 Å². The minimum atomic E-state index is -3.58. The van der Waals surface area contributed by atoms with Gasteiger partial charge in [-0.3, -0.25) is 9.52 Å². The van der Waals surface area contributed by atoms with Gasteiger partial charge in [0.2, 0.25) is 10.0 Å². The molecule has 94 valence electrons. The Hall–Kier alpha value is -1.15. The average Bonchev–Trinajstić information content (AvgIpc) is 2.29. The first-order chi connectivity index (χ1) is 7.94. The van der Waals surface area contributed by atoms with Crippen molar-refractivity contribution in [1.29, 1.82) is 0 Å². The van der Waals surface area contributed by atoms with E-state index >= 15 is 0 Å². The smallest absolute Gasteiger partial charge is 0.306 e. The summed E-state index contributed by atoms with van der Waals surface area (Å²) in [5.74, 6) is -0.901. The quantitative estimate of drug-likeness (QED) is 0.649. The number of carbonyl (C=O) groups excluding carboxylic acids is 1. The summed E-state index contributed by atoms with van der Waals surface area (Å²) in [4.78, 5) is 14.7. The fourth-order valence-electron chi connectivity index (χ4n) is 1.00. The molecule has 0 bridgehead atoms. The van der Waals surface area contributed by atoms with Gasteiger partial charge in [-0.15, -0.1) is 0 Å². The van der Waals surface area contributed by atoms with E-state index in [0.717, 1.165) is 0 Å². The van der Waals surface area contributed by atoms with Crippen molar-refractivity contribution < 1.29 is 17.9 Å². The number of carbonyl (C=O) groups is 1. The third-order valence-electron chi connectivity index (χ3n) is 1.83. The van der Waals surface area contributed by atoms with Crippen LogP contribution >= 0.6 is 15.9 Å². The van der Waals surface area contributed by atoms with Crippen molar-refractivity contribution >= 4 is 37.6 Å². The summed E-state index contributed by atoms with van der Waals surface area (Å²) in [6.45, 7) is 0. The Labute approximate surface area is 108 Å². The molecule has 6 nitrogen and oxygen atoms in total. The van der Waals surface area contributed by atoms with Crippen LogP contribution in [0.15, 0.2) is 22.9 Å². The zero-order chi connectivity index (χ0) is 12.9. The molecule has 0 spiro atoms. The van der Waals surface area contributed by atoms with Crippen LogP contribution in [0.3, 0.4) is 0 Å². The number of nitrogens with one attached hydrogen (secondary N) is 1. The number of nitrogens with zero attached hydrogens (tertiary/aromatic N) is 1. The summed E-state index contributed by atoms with van der Waals surface area (Å²) >= 11 is 3.11. The Bertz CT molecular complexity index is 503. The Balaban J connectivity index is 2.67. The molecule has 1 rings (SSSR count). The lowest BCUT2D eigenvalue weighted by atomic mass is 10.4. The normalized spacial score (nSPS) is 10.9. The van der Waals surface area contributed by atoms with Crippen LogP contribution in [0, 0.1) is 0 Å². The Morgan fingerprint density at radius 2 is 2.29 bits per heavy atom. The lowest BCUT2D eigenvalue weighted by molar-refractivity contribution is -0.140. The number of esters is 1. The molecule has 0 aromatic carbocycles. The second-order valence-electron chi connectivity index (χ2n) is 3.09. The van der Waals surface area contributed by atoms with Crippen molar-refractivity contribution in [3.8, 4) is 0 Å². The molecule has 0 unspecified atom stereocenters. The van der Waals surface area contributed by atoms with Crippen LogP contribution < -0.4 is 4.72 Å². The van der Waals surface area contributed by atoms with Gasteiger partial charge in [0, 0.05) is 6.20 Å². The molecule has 1 N–H and O–H groups in total. The van der Waals surface area contributed by atoms with Crippen molar-refractivity contribution in [2.75, 3.05) is 17.6 Å². The monoisotopic (exact) mass is 322 g/mol. The van der Waals surface area contributed by atoms with Gasteiger partial charge in [0.15, 0.2) is 0 Å².